The van der Waals surface area contributed by atoms with Crippen molar-refractivity contribution in [1.82, 2.24) is 5.32 Å². The zero-order valence-electron chi connectivity index (χ0n) is 12.7. The van der Waals surface area contributed by atoms with E-state index in [4.69, 9.17) is 5.11 Å². The Kier molecular flexibility index (Phi) is 5.12. The highest BCUT2D eigenvalue weighted by Gasteiger charge is 2.27. The van der Waals surface area contributed by atoms with E-state index in [0.717, 1.165) is 36.8 Å². The number of carbonyl (C=O) groups excluding carboxylic acids is 1. The Balaban J connectivity index is 2.15. The highest BCUT2D eigenvalue weighted by atomic mass is 16.4. The number of rotatable bonds is 6. The number of hydrogen-bond donors (Lipinski definition) is 2. The van der Waals surface area contributed by atoms with Crippen molar-refractivity contribution in [3.8, 4) is 0 Å². The molecular formula is C17H23NO3. The number of hydrogen-bond acceptors (Lipinski definition) is 3. The van der Waals surface area contributed by atoms with Gasteiger partial charge in [0.1, 0.15) is 0 Å². The first kappa shape index (κ1) is 15.7. The lowest BCUT2D eigenvalue weighted by molar-refractivity contribution is -0.137. The van der Waals surface area contributed by atoms with Crippen molar-refractivity contribution >= 4 is 11.8 Å². The van der Waals surface area contributed by atoms with Gasteiger partial charge < -0.3 is 10.4 Å². The van der Waals surface area contributed by atoms with Crippen LogP contribution in [0.1, 0.15) is 53.6 Å². The van der Waals surface area contributed by atoms with Gasteiger partial charge >= 0.3 is 5.97 Å². The Hall–Kier alpha value is -1.68. The fraction of sp³-hybridized carbons (Fsp3) is 0.529. The van der Waals surface area contributed by atoms with Crippen LogP contribution in [0.25, 0.3) is 0 Å². The van der Waals surface area contributed by atoms with Gasteiger partial charge in [0.2, 0.25) is 0 Å². The average molecular weight is 289 g/mol. The molecule has 1 unspecified atom stereocenters. The van der Waals surface area contributed by atoms with Crippen molar-refractivity contribution in [1.29, 1.82) is 0 Å². The molecule has 0 heterocycles. The third-order valence-corrected chi connectivity index (χ3v) is 4.28. The first-order valence-electron chi connectivity index (χ1n) is 7.56. The Labute approximate surface area is 125 Å². The molecule has 1 aliphatic rings. The lowest BCUT2D eigenvalue weighted by Crippen LogP contribution is -2.43. The van der Waals surface area contributed by atoms with E-state index in [9.17, 15) is 9.59 Å². The Bertz CT molecular complexity index is 533. The quantitative estimate of drug-likeness (QED) is 0.790. The molecule has 1 aromatic rings. The molecule has 0 aliphatic heterocycles. The molecule has 0 aromatic heterocycles. The first-order chi connectivity index (χ1) is 9.97. The average Bonchev–Trinajstić information content (AvgIpc) is 2.93. The summed E-state index contributed by atoms with van der Waals surface area (Å²) in [6.45, 7) is 3.96. The van der Waals surface area contributed by atoms with Crippen LogP contribution in [0.3, 0.4) is 0 Å². The summed E-state index contributed by atoms with van der Waals surface area (Å²) in [5, 5.41) is 12.3. The largest absolute Gasteiger partial charge is 0.481 e. The molecule has 1 aromatic carbocycles. The Morgan fingerprint density at radius 3 is 2.48 bits per heavy atom. The second kappa shape index (κ2) is 6.85. The third kappa shape index (κ3) is 4.14. The van der Waals surface area contributed by atoms with Crippen LogP contribution in [0, 0.1) is 13.8 Å². The van der Waals surface area contributed by atoms with E-state index in [1.807, 2.05) is 26.0 Å². The van der Waals surface area contributed by atoms with Crippen molar-refractivity contribution < 1.29 is 14.7 Å². The minimum Gasteiger partial charge on any atom is -0.481 e. The van der Waals surface area contributed by atoms with Crippen LogP contribution >= 0.6 is 0 Å². The molecule has 2 N–H and O–H groups in total. The lowest BCUT2D eigenvalue weighted by Gasteiger charge is -2.21. The molecule has 0 amide bonds. The van der Waals surface area contributed by atoms with Crippen molar-refractivity contribution in [2.45, 2.75) is 58.0 Å². The summed E-state index contributed by atoms with van der Waals surface area (Å²) < 4.78 is 0. The fourth-order valence-corrected chi connectivity index (χ4v) is 2.87. The molecule has 0 bridgehead atoms. The molecule has 4 nitrogen and oxygen atoms in total. The third-order valence-electron chi connectivity index (χ3n) is 4.28. The van der Waals surface area contributed by atoms with Crippen molar-refractivity contribution in [3.63, 3.8) is 0 Å². The maximum absolute atomic E-state index is 12.6. The number of aryl methyl sites for hydroxylation is 2. The van der Waals surface area contributed by atoms with Crippen LogP contribution in [0.15, 0.2) is 18.2 Å². The molecule has 0 spiro atoms. The maximum atomic E-state index is 12.6. The van der Waals surface area contributed by atoms with Gasteiger partial charge in [-0.05, 0) is 43.9 Å². The molecule has 1 saturated carbocycles. The molecule has 21 heavy (non-hydrogen) atoms. The maximum Gasteiger partial charge on any atom is 0.305 e. The SMILES string of the molecule is Cc1ccc(C(=O)C(CC(=O)O)NC2CCCC2)cc1C. The van der Waals surface area contributed by atoms with Gasteiger partial charge in [-0.1, -0.05) is 25.0 Å². The monoisotopic (exact) mass is 289 g/mol. The fourth-order valence-electron chi connectivity index (χ4n) is 2.87. The van der Waals surface area contributed by atoms with Gasteiger partial charge in [-0.2, -0.15) is 0 Å². The predicted octanol–water partition coefficient (Wildman–Crippen LogP) is 2.86. The normalized spacial score (nSPS) is 16.9. The topological polar surface area (TPSA) is 66.4 Å². The van der Waals surface area contributed by atoms with Crippen LogP contribution in [-0.4, -0.2) is 28.9 Å². The summed E-state index contributed by atoms with van der Waals surface area (Å²) in [4.78, 5) is 23.7. The summed E-state index contributed by atoms with van der Waals surface area (Å²) in [6.07, 6.45) is 4.18. The number of nitrogens with one attached hydrogen (secondary N) is 1. The second-order valence-electron chi connectivity index (χ2n) is 5.96. The van der Waals surface area contributed by atoms with Crippen molar-refractivity contribution in [3.05, 3.63) is 34.9 Å². The Morgan fingerprint density at radius 2 is 1.90 bits per heavy atom. The summed E-state index contributed by atoms with van der Waals surface area (Å²) in [5.41, 5.74) is 2.77. The second-order valence-corrected chi connectivity index (χ2v) is 5.96. The highest BCUT2D eigenvalue weighted by molar-refractivity contribution is 6.01. The lowest BCUT2D eigenvalue weighted by atomic mass is 9.97. The van der Waals surface area contributed by atoms with Gasteiger partial charge in [0.25, 0.3) is 0 Å². The minimum atomic E-state index is -0.942. The Morgan fingerprint density at radius 1 is 1.24 bits per heavy atom. The van der Waals surface area contributed by atoms with Crippen LogP contribution < -0.4 is 5.32 Å². The van der Waals surface area contributed by atoms with Gasteiger partial charge in [-0.25, -0.2) is 0 Å². The van der Waals surface area contributed by atoms with Crippen LogP contribution in [-0.2, 0) is 4.79 Å². The number of ketones is 1. The van der Waals surface area contributed by atoms with E-state index in [1.165, 1.54) is 0 Å². The van der Waals surface area contributed by atoms with E-state index in [2.05, 4.69) is 5.32 Å². The zero-order chi connectivity index (χ0) is 15.4. The van der Waals surface area contributed by atoms with E-state index in [0.29, 0.717) is 5.56 Å². The molecule has 1 atom stereocenters. The molecule has 2 rings (SSSR count). The van der Waals surface area contributed by atoms with Gasteiger partial charge in [-0.15, -0.1) is 0 Å². The number of carboxylic acids is 1. The number of carbonyl (C=O) groups is 2. The van der Waals surface area contributed by atoms with Crippen molar-refractivity contribution in [2.24, 2.45) is 0 Å². The van der Waals surface area contributed by atoms with Crippen molar-refractivity contribution in [2.75, 3.05) is 0 Å². The number of carboxylic acid groups (broad SMARTS) is 1. The number of Topliss-reactive ketones (excluding diaryl/α,β-unsaturated/α-hetero) is 1. The molecule has 1 fully saturated rings. The van der Waals surface area contributed by atoms with Gasteiger partial charge in [0.15, 0.2) is 5.78 Å². The molecule has 0 radical (unpaired) electrons. The number of benzene rings is 1. The molecule has 114 valence electrons. The summed E-state index contributed by atoms with van der Waals surface area (Å²) >= 11 is 0. The molecule has 4 heteroatoms. The first-order valence-corrected chi connectivity index (χ1v) is 7.56. The summed E-state index contributed by atoms with van der Waals surface area (Å²) in [6, 6.07) is 5.19. The van der Waals surface area contributed by atoms with E-state index in [-0.39, 0.29) is 18.2 Å². The predicted molar refractivity (Wildman–Crippen MR) is 81.7 cm³/mol. The smallest absolute Gasteiger partial charge is 0.305 e. The standard InChI is InChI=1S/C17H23NO3/c1-11-7-8-13(9-12(11)2)17(21)15(10-16(19)20)18-14-5-3-4-6-14/h7-9,14-15,18H,3-6,10H2,1-2H3,(H,19,20). The van der Waals surface area contributed by atoms with Gasteiger partial charge in [0.05, 0.1) is 12.5 Å². The van der Waals surface area contributed by atoms with Crippen LogP contribution in [0.5, 0.6) is 0 Å². The molecular weight excluding hydrogens is 266 g/mol. The summed E-state index contributed by atoms with van der Waals surface area (Å²) in [7, 11) is 0. The minimum absolute atomic E-state index is 0.118. The van der Waals surface area contributed by atoms with E-state index >= 15 is 0 Å². The van der Waals surface area contributed by atoms with Crippen LogP contribution in [0.2, 0.25) is 0 Å². The van der Waals surface area contributed by atoms with E-state index < -0.39 is 12.0 Å². The highest BCUT2D eigenvalue weighted by Crippen LogP contribution is 2.20. The van der Waals surface area contributed by atoms with E-state index in [1.54, 1.807) is 6.07 Å². The zero-order valence-corrected chi connectivity index (χ0v) is 12.7. The van der Waals surface area contributed by atoms with Gasteiger partial charge in [0, 0.05) is 11.6 Å². The molecule has 0 saturated heterocycles. The van der Waals surface area contributed by atoms with Crippen LogP contribution in [0.4, 0.5) is 0 Å². The molecule has 1 aliphatic carbocycles. The number of aliphatic carboxylic acids is 1. The summed E-state index contributed by atoms with van der Waals surface area (Å²) in [5.74, 6) is -1.06. The van der Waals surface area contributed by atoms with Gasteiger partial charge in [-0.3, -0.25) is 9.59 Å².